The number of hydrogen-bond donors (Lipinski definition) is 4. The van der Waals surface area contributed by atoms with Crippen LogP contribution in [0.4, 0.5) is 40.7 Å². The number of urea groups is 1. The molecule has 0 fully saturated rings. The van der Waals surface area contributed by atoms with Crippen molar-refractivity contribution in [3.63, 3.8) is 0 Å². The number of halogens is 3. The van der Waals surface area contributed by atoms with Gasteiger partial charge in [-0.05, 0) is 53.9 Å². The number of carboxylic acids is 1. The van der Waals surface area contributed by atoms with Crippen LogP contribution in [0.5, 0.6) is 0 Å². The second-order valence-corrected chi connectivity index (χ2v) is 7.98. The molecule has 0 heterocycles. The Morgan fingerprint density at radius 2 is 1.75 bits per heavy atom. The third-order valence-electron chi connectivity index (χ3n) is 5.42. The number of aliphatic carboxylic acids is 1. The predicted molar refractivity (Wildman–Crippen MR) is 134 cm³/mol. The van der Waals surface area contributed by atoms with Gasteiger partial charge in [-0.1, -0.05) is 43.0 Å². The van der Waals surface area contributed by atoms with Crippen LogP contribution in [0.1, 0.15) is 18.4 Å². The molecule has 3 aromatic carbocycles. The van der Waals surface area contributed by atoms with Crippen molar-refractivity contribution in [2.24, 2.45) is 0 Å². The van der Waals surface area contributed by atoms with Gasteiger partial charge in [0.15, 0.2) is 0 Å². The zero-order chi connectivity index (χ0) is 26.5. The molecule has 5 N–H and O–H groups in total. The third-order valence-corrected chi connectivity index (χ3v) is 5.42. The van der Waals surface area contributed by atoms with E-state index in [2.05, 4.69) is 11.9 Å². The molecule has 36 heavy (non-hydrogen) atoms. The number of alkyl halides is 3. The molecular weight excluding hydrogens is 473 g/mol. The van der Waals surface area contributed by atoms with E-state index in [1.54, 1.807) is 65.7 Å². The van der Waals surface area contributed by atoms with Gasteiger partial charge in [-0.25, -0.2) is 4.79 Å². The summed E-state index contributed by atoms with van der Waals surface area (Å²) in [6.07, 6.45) is -2.99. The first-order valence-electron chi connectivity index (χ1n) is 10.8. The molecule has 0 radical (unpaired) electrons. The topological polar surface area (TPSA) is 108 Å². The largest absolute Gasteiger partial charge is 0.481 e. The Labute approximate surface area is 206 Å². The van der Waals surface area contributed by atoms with Gasteiger partial charge in [0.05, 0.1) is 17.3 Å². The summed E-state index contributed by atoms with van der Waals surface area (Å²) in [5, 5.41) is 13.3. The van der Waals surface area contributed by atoms with Crippen molar-refractivity contribution >= 4 is 34.7 Å². The molecule has 0 aliphatic heterocycles. The van der Waals surface area contributed by atoms with E-state index >= 15 is 0 Å². The molecule has 2 amide bonds. The predicted octanol–water partition coefficient (Wildman–Crippen LogP) is 6.09. The normalized spacial score (nSPS) is 11.9. The Morgan fingerprint density at radius 1 is 1.08 bits per heavy atom. The van der Waals surface area contributed by atoms with Crippen molar-refractivity contribution in [3.05, 3.63) is 85.1 Å². The zero-order valence-corrected chi connectivity index (χ0v) is 19.3. The molecule has 0 aliphatic carbocycles. The van der Waals surface area contributed by atoms with Crippen LogP contribution in [-0.2, 0) is 4.79 Å². The van der Waals surface area contributed by atoms with Gasteiger partial charge < -0.3 is 26.4 Å². The van der Waals surface area contributed by atoms with E-state index in [0.717, 1.165) is 11.1 Å². The van der Waals surface area contributed by atoms with Gasteiger partial charge in [0, 0.05) is 17.6 Å². The summed E-state index contributed by atoms with van der Waals surface area (Å²) in [6, 6.07) is 18.1. The summed E-state index contributed by atoms with van der Waals surface area (Å²) in [5.74, 6) is -1.52. The molecule has 7 nitrogen and oxygen atoms in total. The van der Waals surface area contributed by atoms with Gasteiger partial charge in [0.2, 0.25) is 0 Å². The van der Waals surface area contributed by atoms with Gasteiger partial charge in [-0.2, -0.15) is 13.2 Å². The number of nitrogens with one attached hydrogen (secondary N) is 2. The van der Waals surface area contributed by atoms with Gasteiger partial charge in [0.25, 0.3) is 0 Å². The summed E-state index contributed by atoms with van der Waals surface area (Å²) in [7, 11) is 0. The van der Waals surface area contributed by atoms with Crippen molar-refractivity contribution in [1.82, 2.24) is 5.32 Å². The minimum atomic E-state index is -4.51. The molecule has 0 aromatic heterocycles. The molecule has 0 aliphatic rings. The molecule has 0 saturated carbocycles. The number of nitrogens with two attached hydrogens (primary N) is 1. The fraction of sp³-hybridized carbons (Fsp3) is 0.154. The third kappa shape index (κ3) is 6.56. The van der Waals surface area contributed by atoms with Crippen LogP contribution in [0.2, 0.25) is 0 Å². The van der Waals surface area contributed by atoms with E-state index in [1.165, 1.54) is 6.20 Å². The quantitative estimate of drug-likeness (QED) is 0.281. The van der Waals surface area contributed by atoms with Crippen LogP contribution in [-0.4, -0.2) is 29.8 Å². The minimum absolute atomic E-state index is 0.282. The molecule has 1 atom stereocenters. The average molecular weight is 499 g/mol. The second kappa shape index (κ2) is 10.9. The van der Waals surface area contributed by atoms with E-state index < -0.39 is 30.6 Å². The second-order valence-electron chi connectivity index (χ2n) is 7.98. The lowest BCUT2D eigenvalue weighted by Crippen LogP contribution is -2.36. The number of carbonyl (C=O) groups is 2. The van der Waals surface area contributed by atoms with Crippen LogP contribution in [0, 0.1) is 0 Å². The first kappa shape index (κ1) is 26.1. The maximum absolute atomic E-state index is 12.3. The first-order valence-corrected chi connectivity index (χ1v) is 10.8. The fourth-order valence-electron chi connectivity index (χ4n) is 3.49. The maximum Gasteiger partial charge on any atom is 0.405 e. The van der Waals surface area contributed by atoms with Crippen LogP contribution >= 0.6 is 0 Å². The summed E-state index contributed by atoms with van der Waals surface area (Å²) in [6.45, 7) is 4.00. The van der Waals surface area contributed by atoms with Crippen molar-refractivity contribution in [3.8, 4) is 11.1 Å². The van der Waals surface area contributed by atoms with Crippen molar-refractivity contribution < 1.29 is 27.9 Å². The van der Waals surface area contributed by atoms with Gasteiger partial charge in [-0.15, -0.1) is 0 Å². The van der Waals surface area contributed by atoms with Gasteiger partial charge in [-0.3, -0.25) is 4.79 Å². The molecule has 1 unspecified atom stereocenters. The molecule has 3 aromatic rings. The van der Waals surface area contributed by atoms with Crippen LogP contribution in [0.3, 0.4) is 0 Å². The number of hydrogen-bond acceptors (Lipinski definition) is 4. The van der Waals surface area contributed by atoms with Gasteiger partial charge >= 0.3 is 18.2 Å². The summed E-state index contributed by atoms with van der Waals surface area (Å²) < 4.78 is 37.0. The highest BCUT2D eigenvalue weighted by Crippen LogP contribution is 2.35. The van der Waals surface area contributed by atoms with E-state index in [4.69, 9.17) is 5.73 Å². The molecular formula is C26H25F3N4O3. The average Bonchev–Trinajstić information content (AvgIpc) is 2.83. The number of nitrogen functional groups attached to an aromatic ring is 1. The van der Waals surface area contributed by atoms with Crippen LogP contribution in [0.25, 0.3) is 11.1 Å². The molecule has 0 spiro atoms. The van der Waals surface area contributed by atoms with E-state index in [9.17, 15) is 27.9 Å². The Hall–Kier alpha value is -4.47. The van der Waals surface area contributed by atoms with Crippen molar-refractivity contribution in [2.75, 3.05) is 22.5 Å². The van der Waals surface area contributed by atoms with Gasteiger partial charge in [0.1, 0.15) is 6.54 Å². The maximum atomic E-state index is 12.3. The van der Waals surface area contributed by atoms with Crippen LogP contribution < -0.4 is 21.3 Å². The highest BCUT2D eigenvalue weighted by molar-refractivity contribution is 5.90. The standard InChI is InChI=1S/C26H25F3N4O3/c1-3-33(21-6-4-5-20(14-21)32-25(36)31-15-26(27,28)29)23-12-11-19(13-22(23)30)18-9-7-17(8-10-18)16(2)24(34)35/h3-14,16H,1,15,30H2,2H3,(H,34,35)(H2,31,32,36). The van der Waals surface area contributed by atoms with Crippen LogP contribution in [0.15, 0.2) is 79.5 Å². The smallest absolute Gasteiger partial charge is 0.405 e. The molecule has 0 bridgehead atoms. The monoisotopic (exact) mass is 498 g/mol. The number of anilines is 4. The summed E-state index contributed by atoms with van der Waals surface area (Å²) in [4.78, 5) is 24.7. The summed E-state index contributed by atoms with van der Waals surface area (Å²) in [5.41, 5.74) is 10.6. The first-order chi connectivity index (χ1) is 17.0. The van der Waals surface area contributed by atoms with E-state index in [0.29, 0.717) is 22.6 Å². The molecule has 10 heteroatoms. The molecule has 188 valence electrons. The van der Waals surface area contributed by atoms with Crippen molar-refractivity contribution in [1.29, 1.82) is 0 Å². The fourth-order valence-corrected chi connectivity index (χ4v) is 3.49. The number of benzene rings is 3. The molecule has 3 rings (SSSR count). The Kier molecular flexibility index (Phi) is 7.88. The molecule has 0 saturated heterocycles. The Balaban J connectivity index is 1.80. The SMILES string of the molecule is C=CN(c1cccc(NC(=O)NCC(F)(F)F)c1)c1ccc(-c2ccc(C(C)C(=O)O)cc2)cc1N. The number of rotatable bonds is 8. The van der Waals surface area contributed by atoms with E-state index in [-0.39, 0.29) is 5.69 Å². The minimum Gasteiger partial charge on any atom is -0.481 e. The summed E-state index contributed by atoms with van der Waals surface area (Å²) >= 11 is 0. The number of nitrogens with zero attached hydrogens (tertiary/aromatic N) is 1. The Bertz CT molecular complexity index is 1260. The zero-order valence-electron chi connectivity index (χ0n) is 19.3. The lowest BCUT2D eigenvalue weighted by atomic mass is 9.97. The Morgan fingerprint density at radius 3 is 2.33 bits per heavy atom. The number of amides is 2. The number of carbonyl (C=O) groups excluding carboxylic acids is 1. The van der Waals surface area contributed by atoms with Crippen molar-refractivity contribution in [2.45, 2.75) is 19.0 Å². The number of carboxylic acid groups (broad SMARTS) is 1. The lowest BCUT2D eigenvalue weighted by molar-refractivity contribution is -0.138. The lowest BCUT2D eigenvalue weighted by Gasteiger charge is -2.23. The highest BCUT2D eigenvalue weighted by Gasteiger charge is 2.27. The highest BCUT2D eigenvalue weighted by atomic mass is 19.4. The van der Waals surface area contributed by atoms with E-state index in [1.807, 2.05) is 18.2 Å².